The van der Waals surface area contributed by atoms with Crippen LogP contribution in [0.25, 0.3) is 0 Å². The van der Waals surface area contributed by atoms with E-state index in [9.17, 15) is 9.59 Å². The van der Waals surface area contributed by atoms with E-state index in [1.165, 1.54) is 9.80 Å². The zero-order valence-corrected chi connectivity index (χ0v) is 20.6. The highest BCUT2D eigenvalue weighted by Gasteiger charge is 2.58. The standard InChI is InChI=1S/C21H25ClN4O2S.HI/c1-23-21(25-9-11-29-16-6-4-15(22)5-7-16)24-8-10-26-19(27)17-13-2-3-14(12-13)18(17)20(26)28;/h2-7,13-14,17-18H,8-12H2,1H3,(H2,23,24,25);1H. The number of rotatable bonds is 7. The van der Waals surface area contributed by atoms with Crippen LogP contribution >= 0.6 is 47.3 Å². The molecule has 4 unspecified atom stereocenters. The molecule has 0 aromatic heterocycles. The van der Waals surface area contributed by atoms with Gasteiger partial charge in [0.2, 0.25) is 11.8 Å². The molecule has 3 aliphatic rings. The molecule has 2 N–H and O–H groups in total. The van der Waals surface area contributed by atoms with Gasteiger partial charge in [-0.3, -0.25) is 19.5 Å². The SMILES string of the molecule is CN=C(NCCSc1ccc(Cl)cc1)NCCN1C(=O)C2C3C=CC(C3)C2C1=O.I. The quantitative estimate of drug-likeness (QED) is 0.102. The lowest BCUT2D eigenvalue weighted by Crippen LogP contribution is -2.44. The fourth-order valence-electron chi connectivity index (χ4n) is 4.56. The van der Waals surface area contributed by atoms with Gasteiger partial charge in [0.05, 0.1) is 11.8 Å². The summed E-state index contributed by atoms with van der Waals surface area (Å²) >= 11 is 7.63. The topological polar surface area (TPSA) is 73.8 Å². The molecule has 0 radical (unpaired) electrons. The molecule has 9 heteroatoms. The number of hydrogen-bond donors (Lipinski definition) is 2. The number of fused-ring (bicyclic) bond motifs is 5. The normalized spacial score (nSPS) is 26.7. The molecule has 0 spiro atoms. The zero-order valence-electron chi connectivity index (χ0n) is 16.7. The van der Waals surface area contributed by atoms with Crippen molar-refractivity contribution in [2.75, 3.05) is 32.4 Å². The largest absolute Gasteiger partial charge is 0.356 e. The average molecular weight is 561 g/mol. The van der Waals surface area contributed by atoms with E-state index in [2.05, 4.69) is 27.8 Å². The van der Waals surface area contributed by atoms with Gasteiger partial charge in [0.25, 0.3) is 0 Å². The van der Waals surface area contributed by atoms with Gasteiger partial charge >= 0.3 is 0 Å². The summed E-state index contributed by atoms with van der Waals surface area (Å²) in [5, 5.41) is 7.19. The van der Waals surface area contributed by atoms with Gasteiger partial charge in [-0.15, -0.1) is 35.7 Å². The number of carbonyl (C=O) groups excluding carboxylic acids is 2. The van der Waals surface area contributed by atoms with Crippen LogP contribution in [0.2, 0.25) is 5.02 Å². The van der Waals surface area contributed by atoms with Gasteiger partial charge in [-0.2, -0.15) is 0 Å². The maximum atomic E-state index is 12.7. The molecule has 30 heavy (non-hydrogen) atoms. The molecule has 2 fully saturated rings. The number of carbonyl (C=O) groups is 2. The van der Waals surface area contributed by atoms with Gasteiger partial charge in [-0.1, -0.05) is 23.8 Å². The Morgan fingerprint density at radius 2 is 1.70 bits per heavy atom. The van der Waals surface area contributed by atoms with Crippen LogP contribution in [-0.2, 0) is 9.59 Å². The summed E-state index contributed by atoms with van der Waals surface area (Å²) in [7, 11) is 1.71. The molecule has 1 aliphatic heterocycles. The Kier molecular flexibility index (Phi) is 8.09. The zero-order chi connectivity index (χ0) is 20.4. The number of allylic oxidation sites excluding steroid dienone is 2. The number of thioether (sulfide) groups is 1. The third kappa shape index (κ3) is 4.80. The molecule has 4 atom stereocenters. The van der Waals surface area contributed by atoms with E-state index < -0.39 is 0 Å². The molecule has 1 saturated heterocycles. The Hall–Kier alpha value is -1.26. The second-order valence-corrected chi connectivity index (χ2v) is 9.16. The van der Waals surface area contributed by atoms with Crippen LogP contribution in [0.4, 0.5) is 0 Å². The Bertz CT molecular complexity index is 818. The molecular formula is C21H26ClIN4O2S. The van der Waals surface area contributed by atoms with E-state index in [0.29, 0.717) is 19.0 Å². The molecule has 2 aliphatic carbocycles. The van der Waals surface area contributed by atoms with Gasteiger partial charge in [0.15, 0.2) is 5.96 Å². The highest BCUT2D eigenvalue weighted by molar-refractivity contribution is 14.0. The van der Waals surface area contributed by atoms with Gasteiger partial charge in [0.1, 0.15) is 0 Å². The van der Waals surface area contributed by atoms with Crippen molar-refractivity contribution in [1.82, 2.24) is 15.5 Å². The van der Waals surface area contributed by atoms with Crippen molar-refractivity contribution < 1.29 is 9.59 Å². The summed E-state index contributed by atoms with van der Waals surface area (Å²) in [4.78, 5) is 32.2. The van der Waals surface area contributed by atoms with Crippen LogP contribution < -0.4 is 10.6 Å². The fraction of sp³-hybridized carbons (Fsp3) is 0.476. The van der Waals surface area contributed by atoms with Crippen molar-refractivity contribution in [2.24, 2.45) is 28.7 Å². The number of guanidine groups is 1. The average Bonchev–Trinajstić information content (AvgIpc) is 3.40. The molecule has 1 heterocycles. The van der Waals surface area contributed by atoms with Gasteiger partial charge in [-0.05, 0) is 42.5 Å². The second kappa shape index (κ2) is 10.4. The summed E-state index contributed by atoms with van der Waals surface area (Å²) in [5.74, 6) is 1.81. The summed E-state index contributed by atoms with van der Waals surface area (Å²) in [6.07, 6.45) is 5.20. The lowest BCUT2D eigenvalue weighted by Gasteiger charge is -2.18. The van der Waals surface area contributed by atoms with Gasteiger partial charge in [-0.25, -0.2) is 0 Å². The predicted octanol–water partition coefficient (Wildman–Crippen LogP) is 3.02. The van der Waals surface area contributed by atoms with Crippen molar-refractivity contribution in [2.45, 2.75) is 11.3 Å². The van der Waals surface area contributed by atoms with E-state index in [-0.39, 0.29) is 59.5 Å². The van der Waals surface area contributed by atoms with Crippen LogP contribution in [0, 0.1) is 23.7 Å². The fourth-order valence-corrected chi connectivity index (χ4v) is 5.45. The number of nitrogens with one attached hydrogen (secondary N) is 2. The smallest absolute Gasteiger partial charge is 0.233 e. The lowest BCUT2D eigenvalue weighted by molar-refractivity contribution is -0.140. The van der Waals surface area contributed by atoms with E-state index in [1.54, 1.807) is 18.8 Å². The lowest BCUT2D eigenvalue weighted by atomic mass is 9.85. The minimum absolute atomic E-state index is 0. The molecule has 1 saturated carbocycles. The summed E-state index contributed by atoms with van der Waals surface area (Å²) in [5.41, 5.74) is 0. The highest BCUT2D eigenvalue weighted by atomic mass is 127. The number of imide groups is 1. The van der Waals surface area contributed by atoms with Crippen molar-refractivity contribution >= 4 is 65.1 Å². The van der Waals surface area contributed by atoms with Crippen molar-refractivity contribution in [1.29, 1.82) is 0 Å². The third-order valence-electron chi connectivity index (χ3n) is 5.89. The predicted molar refractivity (Wildman–Crippen MR) is 131 cm³/mol. The van der Waals surface area contributed by atoms with E-state index in [1.807, 2.05) is 24.3 Å². The first-order chi connectivity index (χ1) is 14.1. The van der Waals surface area contributed by atoms with Crippen molar-refractivity contribution in [3.8, 4) is 0 Å². The monoisotopic (exact) mass is 560 g/mol. The maximum Gasteiger partial charge on any atom is 0.233 e. The molecule has 4 rings (SSSR count). The van der Waals surface area contributed by atoms with Gasteiger partial charge < -0.3 is 10.6 Å². The molecule has 2 amide bonds. The number of hydrogen-bond acceptors (Lipinski definition) is 4. The molecular weight excluding hydrogens is 535 g/mol. The number of benzene rings is 1. The second-order valence-electron chi connectivity index (χ2n) is 7.56. The third-order valence-corrected chi connectivity index (χ3v) is 7.16. The van der Waals surface area contributed by atoms with Gasteiger partial charge in [0, 0.05) is 42.4 Å². The van der Waals surface area contributed by atoms with E-state index in [0.717, 1.165) is 23.7 Å². The van der Waals surface area contributed by atoms with Crippen LogP contribution in [0.5, 0.6) is 0 Å². The Morgan fingerprint density at radius 1 is 1.10 bits per heavy atom. The molecule has 1 aromatic carbocycles. The molecule has 1 aromatic rings. The molecule has 6 nitrogen and oxygen atoms in total. The Labute approximate surface area is 203 Å². The maximum absolute atomic E-state index is 12.7. The first-order valence-corrected chi connectivity index (χ1v) is 11.3. The summed E-state index contributed by atoms with van der Waals surface area (Å²) in [6, 6.07) is 7.77. The van der Waals surface area contributed by atoms with E-state index in [4.69, 9.17) is 11.6 Å². The Morgan fingerprint density at radius 3 is 2.30 bits per heavy atom. The highest BCUT2D eigenvalue weighted by Crippen LogP contribution is 2.52. The number of amides is 2. The first-order valence-electron chi connectivity index (χ1n) is 9.95. The number of aliphatic imine (C=N–C) groups is 1. The first kappa shape index (κ1) is 23.4. The summed E-state index contributed by atoms with van der Waals surface area (Å²) < 4.78 is 0. The Balaban J connectivity index is 0.00000256. The van der Waals surface area contributed by atoms with E-state index >= 15 is 0 Å². The van der Waals surface area contributed by atoms with Crippen LogP contribution in [-0.4, -0.2) is 55.1 Å². The summed E-state index contributed by atoms with van der Waals surface area (Å²) in [6.45, 7) is 1.61. The van der Waals surface area contributed by atoms with Crippen LogP contribution in [0.1, 0.15) is 6.42 Å². The van der Waals surface area contributed by atoms with Crippen molar-refractivity contribution in [3.05, 3.63) is 41.4 Å². The minimum Gasteiger partial charge on any atom is -0.356 e. The number of halogens is 2. The number of likely N-dealkylation sites (tertiary alicyclic amines) is 1. The van der Waals surface area contributed by atoms with Crippen LogP contribution in [0.15, 0.2) is 46.3 Å². The minimum atomic E-state index is -0.125. The number of nitrogens with zero attached hydrogens (tertiary/aromatic N) is 2. The molecule has 2 bridgehead atoms. The van der Waals surface area contributed by atoms with Crippen LogP contribution in [0.3, 0.4) is 0 Å². The van der Waals surface area contributed by atoms with Crippen molar-refractivity contribution in [3.63, 3.8) is 0 Å². The molecule has 162 valence electrons.